The van der Waals surface area contributed by atoms with Gasteiger partial charge in [-0.05, 0) is 18.9 Å². The van der Waals surface area contributed by atoms with Gasteiger partial charge in [-0.25, -0.2) is 4.79 Å². The number of nitro groups is 1. The molecule has 0 spiro atoms. The molecule has 7 heteroatoms. The van der Waals surface area contributed by atoms with Crippen LogP contribution >= 0.6 is 0 Å². The molecular formula is C13H15NO6. The van der Waals surface area contributed by atoms with Crippen LogP contribution in [-0.2, 0) is 9.47 Å². The summed E-state index contributed by atoms with van der Waals surface area (Å²) in [5.74, 6) is -0.408. The van der Waals surface area contributed by atoms with Crippen LogP contribution in [0.25, 0.3) is 0 Å². The first-order chi connectivity index (χ1) is 9.61. The third-order valence-electron chi connectivity index (χ3n) is 3.04. The number of benzene rings is 1. The third-order valence-corrected chi connectivity index (χ3v) is 3.04. The maximum atomic E-state index is 12.0. The minimum Gasteiger partial charge on any atom is -0.496 e. The minimum absolute atomic E-state index is 0.0414. The lowest BCUT2D eigenvalue weighted by atomic mass is 10.2. The number of ether oxygens (including phenoxy) is 3. The molecule has 1 atom stereocenters. The smallest absolute Gasteiger partial charge is 0.342 e. The molecule has 1 aliphatic rings. The first-order valence-corrected chi connectivity index (χ1v) is 6.23. The average Bonchev–Trinajstić information content (AvgIpc) is 2.97. The van der Waals surface area contributed by atoms with E-state index < -0.39 is 10.9 Å². The summed E-state index contributed by atoms with van der Waals surface area (Å²) in [4.78, 5) is 22.1. The molecule has 0 aromatic heterocycles. The summed E-state index contributed by atoms with van der Waals surface area (Å²) in [6.07, 6.45) is 1.70. The van der Waals surface area contributed by atoms with Gasteiger partial charge in [-0.2, -0.15) is 0 Å². The van der Waals surface area contributed by atoms with Crippen molar-refractivity contribution in [3.63, 3.8) is 0 Å². The van der Waals surface area contributed by atoms with Crippen LogP contribution < -0.4 is 4.74 Å². The van der Waals surface area contributed by atoms with Gasteiger partial charge in [-0.3, -0.25) is 10.1 Å². The van der Waals surface area contributed by atoms with Crippen LogP contribution in [0.1, 0.15) is 23.2 Å². The molecule has 1 aromatic carbocycles. The molecule has 1 saturated heterocycles. The van der Waals surface area contributed by atoms with E-state index in [9.17, 15) is 14.9 Å². The van der Waals surface area contributed by atoms with Gasteiger partial charge in [0, 0.05) is 18.7 Å². The van der Waals surface area contributed by atoms with E-state index in [1.165, 1.54) is 19.2 Å². The van der Waals surface area contributed by atoms with Gasteiger partial charge >= 0.3 is 5.97 Å². The van der Waals surface area contributed by atoms with Crippen molar-refractivity contribution in [3.05, 3.63) is 33.9 Å². The average molecular weight is 281 g/mol. The number of nitrogens with zero attached hydrogens (tertiary/aromatic N) is 1. The Morgan fingerprint density at radius 2 is 2.35 bits per heavy atom. The van der Waals surface area contributed by atoms with Crippen molar-refractivity contribution >= 4 is 11.7 Å². The van der Waals surface area contributed by atoms with Crippen molar-refractivity contribution < 1.29 is 23.9 Å². The maximum absolute atomic E-state index is 12.0. The fourth-order valence-electron chi connectivity index (χ4n) is 1.99. The third kappa shape index (κ3) is 3.24. The Balaban J connectivity index is 2.10. The Hall–Kier alpha value is -2.15. The molecule has 20 heavy (non-hydrogen) atoms. The lowest BCUT2D eigenvalue weighted by Gasteiger charge is -2.11. The van der Waals surface area contributed by atoms with Gasteiger partial charge in [0.1, 0.15) is 17.9 Å². The number of esters is 1. The monoisotopic (exact) mass is 281 g/mol. The zero-order valence-corrected chi connectivity index (χ0v) is 11.0. The van der Waals surface area contributed by atoms with Crippen molar-refractivity contribution in [2.24, 2.45) is 0 Å². The highest BCUT2D eigenvalue weighted by atomic mass is 16.6. The van der Waals surface area contributed by atoms with Crippen LogP contribution in [0.2, 0.25) is 0 Å². The Morgan fingerprint density at radius 3 is 2.95 bits per heavy atom. The van der Waals surface area contributed by atoms with Gasteiger partial charge in [0.2, 0.25) is 0 Å². The van der Waals surface area contributed by atoms with E-state index >= 15 is 0 Å². The predicted octanol–water partition coefficient (Wildman–Crippen LogP) is 1.94. The summed E-state index contributed by atoms with van der Waals surface area (Å²) in [5, 5.41) is 10.7. The van der Waals surface area contributed by atoms with Gasteiger partial charge in [0.05, 0.1) is 18.1 Å². The van der Waals surface area contributed by atoms with E-state index in [1.54, 1.807) is 0 Å². The van der Waals surface area contributed by atoms with Crippen LogP contribution in [-0.4, -0.2) is 37.3 Å². The highest BCUT2D eigenvalue weighted by Gasteiger charge is 2.22. The number of hydrogen-bond acceptors (Lipinski definition) is 6. The van der Waals surface area contributed by atoms with Gasteiger partial charge in [0.25, 0.3) is 5.69 Å². The fourth-order valence-corrected chi connectivity index (χ4v) is 1.99. The number of rotatable bonds is 5. The number of hydrogen-bond donors (Lipinski definition) is 0. The lowest BCUT2D eigenvalue weighted by molar-refractivity contribution is -0.384. The highest BCUT2D eigenvalue weighted by molar-refractivity contribution is 5.93. The molecule has 108 valence electrons. The Kier molecular flexibility index (Phi) is 4.52. The van der Waals surface area contributed by atoms with Gasteiger partial charge in [-0.15, -0.1) is 0 Å². The molecule has 0 bridgehead atoms. The van der Waals surface area contributed by atoms with Crippen LogP contribution in [0.3, 0.4) is 0 Å². The number of methoxy groups -OCH3 is 1. The molecule has 1 fully saturated rings. The van der Waals surface area contributed by atoms with E-state index in [2.05, 4.69) is 0 Å². The highest BCUT2D eigenvalue weighted by Crippen LogP contribution is 2.25. The van der Waals surface area contributed by atoms with E-state index in [0.717, 1.165) is 18.9 Å². The molecule has 1 aliphatic heterocycles. The van der Waals surface area contributed by atoms with Gasteiger partial charge < -0.3 is 14.2 Å². The number of carbonyl (C=O) groups is 1. The molecule has 0 amide bonds. The fraction of sp³-hybridized carbons (Fsp3) is 0.462. The normalized spacial score (nSPS) is 17.8. The van der Waals surface area contributed by atoms with Crippen molar-refractivity contribution in [1.29, 1.82) is 0 Å². The number of non-ortho nitro benzene ring substituents is 1. The summed E-state index contributed by atoms with van der Waals surface area (Å²) < 4.78 is 15.5. The van der Waals surface area contributed by atoms with E-state index in [-0.39, 0.29) is 29.7 Å². The SMILES string of the molecule is COc1ccc([N+](=O)[O-])cc1C(=O)OCC1CCCO1. The first kappa shape index (κ1) is 14.3. The van der Waals surface area contributed by atoms with E-state index in [1.807, 2.05) is 0 Å². The van der Waals surface area contributed by atoms with Crippen LogP contribution in [0.5, 0.6) is 5.75 Å². The number of nitro benzene ring substituents is 1. The lowest BCUT2D eigenvalue weighted by Crippen LogP contribution is -2.18. The largest absolute Gasteiger partial charge is 0.496 e. The minimum atomic E-state index is -0.652. The molecule has 1 heterocycles. The van der Waals surface area contributed by atoms with Crippen molar-refractivity contribution in [1.82, 2.24) is 0 Å². The second-order valence-corrected chi connectivity index (χ2v) is 4.38. The summed E-state index contributed by atoms with van der Waals surface area (Å²) >= 11 is 0. The molecule has 0 saturated carbocycles. The zero-order valence-electron chi connectivity index (χ0n) is 11.0. The molecule has 0 radical (unpaired) electrons. The zero-order chi connectivity index (χ0) is 14.5. The standard InChI is InChI=1S/C13H15NO6/c1-18-12-5-4-9(14(16)17)7-11(12)13(15)20-8-10-3-2-6-19-10/h4-5,7,10H,2-3,6,8H2,1H3. The first-order valence-electron chi connectivity index (χ1n) is 6.23. The van der Waals surface area contributed by atoms with E-state index in [4.69, 9.17) is 14.2 Å². The number of carbonyl (C=O) groups excluding carboxylic acids is 1. The van der Waals surface area contributed by atoms with E-state index in [0.29, 0.717) is 6.61 Å². The quantitative estimate of drug-likeness (QED) is 0.465. The molecule has 1 aromatic rings. The second-order valence-electron chi connectivity index (χ2n) is 4.38. The van der Waals surface area contributed by atoms with Crippen LogP contribution in [0, 0.1) is 10.1 Å². The maximum Gasteiger partial charge on any atom is 0.342 e. The van der Waals surface area contributed by atoms with Crippen molar-refractivity contribution in [2.45, 2.75) is 18.9 Å². The van der Waals surface area contributed by atoms with Crippen molar-refractivity contribution in [2.75, 3.05) is 20.3 Å². The van der Waals surface area contributed by atoms with Crippen molar-refractivity contribution in [3.8, 4) is 5.75 Å². The Morgan fingerprint density at radius 1 is 1.55 bits per heavy atom. The molecule has 1 unspecified atom stereocenters. The molecule has 0 aliphatic carbocycles. The van der Waals surface area contributed by atoms with Gasteiger partial charge in [-0.1, -0.05) is 0 Å². The summed E-state index contributed by atoms with van der Waals surface area (Å²) in [7, 11) is 1.39. The Labute approximate surface area is 115 Å². The summed E-state index contributed by atoms with van der Waals surface area (Å²) in [6.45, 7) is 0.813. The van der Waals surface area contributed by atoms with Gasteiger partial charge in [0.15, 0.2) is 0 Å². The summed E-state index contributed by atoms with van der Waals surface area (Å²) in [5.41, 5.74) is -0.144. The molecular weight excluding hydrogens is 266 g/mol. The Bertz CT molecular complexity index is 510. The molecule has 7 nitrogen and oxygen atoms in total. The van der Waals surface area contributed by atoms with Crippen LogP contribution in [0.4, 0.5) is 5.69 Å². The predicted molar refractivity (Wildman–Crippen MR) is 68.9 cm³/mol. The van der Waals surface area contributed by atoms with Crippen LogP contribution in [0.15, 0.2) is 18.2 Å². The molecule has 2 rings (SSSR count). The summed E-state index contributed by atoms with van der Waals surface area (Å²) in [6, 6.07) is 3.80. The molecule has 0 N–H and O–H groups in total. The second kappa shape index (κ2) is 6.33. The topological polar surface area (TPSA) is 87.9 Å².